The van der Waals surface area contributed by atoms with Crippen molar-refractivity contribution < 1.29 is 9.90 Å². The molecule has 0 radical (unpaired) electrons. The maximum atomic E-state index is 11.5. The lowest BCUT2D eigenvalue weighted by Crippen LogP contribution is -2.10. The lowest BCUT2D eigenvalue weighted by atomic mass is 9.98. The third-order valence-electron chi connectivity index (χ3n) is 5.04. The van der Waals surface area contributed by atoms with E-state index in [1.54, 1.807) is 18.3 Å². The van der Waals surface area contributed by atoms with E-state index >= 15 is 0 Å². The van der Waals surface area contributed by atoms with E-state index in [4.69, 9.17) is 4.99 Å². The second kappa shape index (κ2) is 7.30. The number of carbonyl (C=O) groups is 1. The number of aliphatic imine (C=N–C) groups is 1. The molecular formula is C22H20N4O2S. The molecule has 1 N–H and O–H groups in total. The average molecular weight is 404 g/mol. The second-order valence-electron chi connectivity index (χ2n) is 6.95. The first kappa shape index (κ1) is 19.1. The van der Waals surface area contributed by atoms with Crippen molar-refractivity contribution in [2.75, 3.05) is 0 Å². The van der Waals surface area contributed by atoms with Crippen molar-refractivity contribution in [3.8, 4) is 16.8 Å². The van der Waals surface area contributed by atoms with Gasteiger partial charge in [-0.15, -0.1) is 27.5 Å². The maximum absolute atomic E-state index is 11.5. The molecule has 0 spiro atoms. The van der Waals surface area contributed by atoms with E-state index in [-0.39, 0.29) is 6.42 Å². The van der Waals surface area contributed by atoms with Crippen molar-refractivity contribution in [1.29, 1.82) is 0 Å². The van der Waals surface area contributed by atoms with Gasteiger partial charge in [0.1, 0.15) is 16.9 Å². The van der Waals surface area contributed by atoms with Crippen LogP contribution in [0.5, 0.6) is 0 Å². The first-order valence-corrected chi connectivity index (χ1v) is 10.1. The molecule has 0 aliphatic carbocycles. The number of hydrogen-bond acceptors (Lipinski definition) is 5. The molecule has 146 valence electrons. The molecule has 3 aromatic rings. The zero-order valence-electron chi connectivity index (χ0n) is 16.6. The summed E-state index contributed by atoms with van der Waals surface area (Å²) in [7, 11) is 0. The number of benzene rings is 1. The molecule has 2 aromatic heterocycles. The third-order valence-corrected chi connectivity index (χ3v) is 6.23. The average Bonchev–Trinajstić information content (AvgIpc) is 3.15. The Kier molecular flexibility index (Phi) is 4.81. The fourth-order valence-electron chi connectivity index (χ4n) is 3.55. The molecule has 4 rings (SSSR count). The van der Waals surface area contributed by atoms with Crippen molar-refractivity contribution in [3.05, 3.63) is 63.0 Å². The summed E-state index contributed by atoms with van der Waals surface area (Å²) in [5, 5.41) is 19.0. The minimum absolute atomic E-state index is 0.145. The molecule has 6 nitrogen and oxygen atoms in total. The highest BCUT2D eigenvalue weighted by atomic mass is 32.1. The fourth-order valence-corrected chi connectivity index (χ4v) is 4.76. The molecule has 29 heavy (non-hydrogen) atoms. The van der Waals surface area contributed by atoms with Gasteiger partial charge in [0.25, 0.3) is 0 Å². The van der Waals surface area contributed by atoms with Gasteiger partial charge in [-0.1, -0.05) is 18.1 Å². The molecule has 0 bridgehead atoms. The van der Waals surface area contributed by atoms with Gasteiger partial charge in [0.2, 0.25) is 0 Å². The summed E-state index contributed by atoms with van der Waals surface area (Å²) in [5.41, 5.74) is 4.80. The molecule has 1 aliphatic rings. The summed E-state index contributed by atoms with van der Waals surface area (Å²) in [6, 6.07) is 7.30. The number of thiophene rings is 1. The van der Waals surface area contributed by atoms with Crippen LogP contribution in [-0.4, -0.2) is 31.6 Å². The van der Waals surface area contributed by atoms with E-state index in [2.05, 4.69) is 35.9 Å². The summed E-state index contributed by atoms with van der Waals surface area (Å²) in [6.07, 6.45) is -0.145. The van der Waals surface area contributed by atoms with Crippen LogP contribution < -0.4 is 0 Å². The Bertz CT molecular complexity index is 1210. The van der Waals surface area contributed by atoms with E-state index in [1.165, 1.54) is 4.88 Å². The highest BCUT2D eigenvalue weighted by Gasteiger charge is 2.32. The number of hydrogen-bond donors (Lipinski definition) is 1. The number of rotatable bonds is 3. The molecule has 1 aromatic carbocycles. The van der Waals surface area contributed by atoms with Crippen LogP contribution in [0.3, 0.4) is 0 Å². The van der Waals surface area contributed by atoms with Crippen LogP contribution in [0.4, 0.5) is 0 Å². The van der Waals surface area contributed by atoms with Crippen LogP contribution in [0.15, 0.2) is 29.3 Å². The summed E-state index contributed by atoms with van der Waals surface area (Å²) < 4.78 is 1.96. The van der Waals surface area contributed by atoms with E-state index in [0.29, 0.717) is 5.82 Å². The lowest BCUT2D eigenvalue weighted by molar-refractivity contribution is -0.137. The number of aliphatic carboxylic acids is 1. The predicted molar refractivity (Wildman–Crippen MR) is 113 cm³/mol. The number of nitrogens with zero attached hydrogens (tertiary/aromatic N) is 4. The first-order chi connectivity index (χ1) is 13.9. The normalized spacial score (nSPS) is 14.9. The van der Waals surface area contributed by atoms with E-state index in [1.807, 2.05) is 35.8 Å². The van der Waals surface area contributed by atoms with Crippen molar-refractivity contribution in [3.63, 3.8) is 0 Å². The standard InChI is InChI=1S/C22H20N4O2S/c1-5-6-15-7-9-16(10-8-15)20-19-12(2)13(3)29-22(19)26-14(4)24-25-21(26)17(23-20)11-18(27)28/h7-10,17H,11H2,1-4H3,(H,27,28)/t17-/m1/s1. The Morgan fingerprint density at radius 2 is 1.93 bits per heavy atom. The molecule has 0 fully saturated rings. The van der Waals surface area contributed by atoms with Gasteiger partial charge >= 0.3 is 5.97 Å². The minimum atomic E-state index is -0.919. The summed E-state index contributed by atoms with van der Waals surface area (Å²) in [5.74, 6) is 6.32. The molecule has 0 unspecified atom stereocenters. The lowest BCUT2D eigenvalue weighted by Gasteiger charge is -2.10. The van der Waals surface area contributed by atoms with Crippen LogP contribution in [0, 0.1) is 32.6 Å². The molecule has 0 amide bonds. The number of fused-ring (bicyclic) bond motifs is 3. The number of carboxylic acids is 1. The monoisotopic (exact) mass is 404 g/mol. The van der Waals surface area contributed by atoms with Crippen molar-refractivity contribution in [1.82, 2.24) is 14.8 Å². The van der Waals surface area contributed by atoms with Gasteiger partial charge in [0.15, 0.2) is 5.82 Å². The van der Waals surface area contributed by atoms with Crippen molar-refractivity contribution >= 4 is 23.0 Å². The van der Waals surface area contributed by atoms with Crippen molar-refractivity contribution in [2.24, 2.45) is 4.99 Å². The van der Waals surface area contributed by atoms with Gasteiger partial charge in [0.05, 0.1) is 12.1 Å². The second-order valence-corrected chi connectivity index (χ2v) is 8.15. The van der Waals surface area contributed by atoms with Crippen LogP contribution in [0.1, 0.15) is 58.2 Å². The zero-order valence-corrected chi connectivity index (χ0v) is 17.5. The molecule has 3 heterocycles. The Balaban J connectivity index is 1.99. The largest absolute Gasteiger partial charge is 0.481 e. The highest BCUT2D eigenvalue weighted by Crippen LogP contribution is 2.39. The molecule has 0 saturated carbocycles. The van der Waals surface area contributed by atoms with E-state index in [0.717, 1.165) is 38.8 Å². The fraction of sp³-hybridized carbons (Fsp3) is 0.273. The Hall–Kier alpha value is -3.24. The van der Waals surface area contributed by atoms with Crippen LogP contribution in [-0.2, 0) is 4.79 Å². The summed E-state index contributed by atoms with van der Waals surface area (Å²) in [4.78, 5) is 17.7. The SMILES string of the molecule is CC#Cc1ccc(C2=N[C@H](CC(=O)O)c3nnc(C)n3-c3sc(C)c(C)c32)cc1. The molecule has 0 saturated heterocycles. The van der Waals surface area contributed by atoms with Gasteiger partial charge < -0.3 is 5.11 Å². The Morgan fingerprint density at radius 3 is 2.59 bits per heavy atom. The van der Waals surface area contributed by atoms with E-state index < -0.39 is 12.0 Å². The highest BCUT2D eigenvalue weighted by molar-refractivity contribution is 7.15. The summed E-state index contributed by atoms with van der Waals surface area (Å²) >= 11 is 1.65. The third kappa shape index (κ3) is 3.26. The zero-order chi connectivity index (χ0) is 20.7. The van der Waals surface area contributed by atoms with Crippen molar-refractivity contribution in [2.45, 2.75) is 40.2 Å². The number of aromatic nitrogens is 3. The Labute approximate surface area is 173 Å². The van der Waals surface area contributed by atoms with E-state index in [9.17, 15) is 9.90 Å². The first-order valence-electron chi connectivity index (χ1n) is 9.26. The van der Waals surface area contributed by atoms with Gasteiger partial charge in [-0.05, 0) is 45.4 Å². The molecular weight excluding hydrogens is 384 g/mol. The number of carboxylic acid groups (broad SMARTS) is 1. The number of aryl methyl sites for hydroxylation is 2. The topological polar surface area (TPSA) is 80.4 Å². The van der Waals surface area contributed by atoms with Gasteiger partial charge in [-0.3, -0.25) is 14.4 Å². The van der Waals surface area contributed by atoms with Gasteiger partial charge in [-0.2, -0.15) is 0 Å². The smallest absolute Gasteiger partial charge is 0.306 e. The molecule has 7 heteroatoms. The van der Waals surface area contributed by atoms with Crippen LogP contribution >= 0.6 is 11.3 Å². The molecule has 1 atom stereocenters. The minimum Gasteiger partial charge on any atom is -0.481 e. The predicted octanol–water partition coefficient (Wildman–Crippen LogP) is 3.99. The van der Waals surface area contributed by atoms with Gasteiger partial charge in [-0.25, -0.2) is 0 Å². The maximum Gasteiger partial charge on any atom is 0.306 e. The van der Waals surface area contributed by atoms with Crippen LogP contribution in [0.25, 0.3) is 5.00 Å². The van der Waals surface area contributed by atoms with Crippen LogP contribution in [0.2, 0.25) is 0 Å². The molecule has 1 aliphatic heterocycles. The van der Waals surface area contributed by atoms with Gasteiger partial charge in [0, 0.05) is 21.6 Å². The quantitative estimate of drug-likeness (QED) is 0.669. The Morgan fingerprint density at radius 1 is 1.21 bits per heavy atom. The summed E-state index contributed by atoms with van der Waals surface area (Å²) in [6.45, 7) is 7.85.